The van der Waals surface area contributed by atoms with Gasteiger partial charge in [-0.3, -0.25) is 4.79 Å². The third-order valence-corrected chi connectivity index (χ3v) is 5.49. The van der Waals surface area contributed by atoms with Gasteiger partial charge >= 0.3 is 5.97 Å². The number of rotatable bonds is 8. The maximum absolute atomic E-state index is 12.9. The van der Waals surface area contributed by atoms with Crippen LogP contribution in [0.15, 0.2) is 77.4 Å². The van der Waals surface area contributed by atoms with Crippen molar-refractivity contribution in [3.05, 3.63) is 78.6 Å². The fourth-order valence-electron chi connectivity index (χ4n) is 3.88. The number of pyridine rings is 1. The molecule has 0 unspecified atom stereocenters. The van der Waals surface area contributed by atoms with Gasteiger partial charge in [-0.1, -0.05) is 18.2 Å². The van der Waals surface area contributed by atoms with Gasteiger partial charge in [-0.15, -0.1) is 0 Å². The highest BCUT2D eigenvalue weighted by molar-refractivity contribution is 6.05. The zero-order valence-electron chi connectivity index (χ0n) is 19.4. The summed E-state index contributed by atoms with van der Waals surface area (Å²) in [6, 6.07) is 20.4. The van der Waals surface area contributed by atoms with Gasteiger partial charge in [0.05, 0.1) is 17.3 Å². The number of ether oxygens (including phenoxy) is 1. The van der Waals surface area contributed by atoms with Crippen LogP contribution in [-0.2, 0) is 9.53 Å². The molecule has 1 amide bonds. The second-order valence-electron chi connectivity index (χ2n) is 8.10. The second-order valence-corrected chi connectivity index (χ2v) is 8.10. The summed E-state index contributed by atoms with van der Waals surface area (Å²) in [6.45, 7) is 6.87. The summed E-state index contributed by atoms with van der Waals surface area (Å²) in [5.41, 5.74) is 3.19. The van der Waals surface area contributed by atoms with Crippen molar-refractivity contribution in [2.45, 2.75) is 26.8 Å². The molecule has 4 rings (SSSR count). The number of esters is 1. The molecule has 2 aromatic carbocycles. The van der Waals surface area contributed by atoms with Crippen LogP contribution in [0.3, 0.4) is 0 Å². The molecule has 2 heterocycles. The molecule has 0 aliphatic rings. The van der Waals surface area contributed by atoms with Gasteiger partial charge < -0.3 is 19.4 Å². The normalized spacial score (nSPS) is 10.9. The maximum atomic E-state index is 12.9. The van der Waals surface area contributed by atoms with Crippen molar-refractivity contribution < 1.29 is 18.7 Å². The molecule has 0 atom stereocenters. The fourth-order valence-corrected chi connectivity index (χ4v) is 3.88. The lowest BCUT2D eigenvalue weighted by atomic mass is 10.1. The number of nitrogens with zero attached hydrogens (tertiary/aromatic N) is 2. The summed E-state index contributed by atoms with van der Waals surface area (Å²) in [4.78, 5) is 32.1. The van der Waals surface area contributed by atoms with Crippen molar-refractivity contribution in [3.8, 4) is 11.5 Å². The Kier molecular flexibility index (Phi) is 6.92. The summed E-state index contributed by atoms with van der Waals surface area (Å²) in [5.74, 6) is -0.477. The largest absolute Gasteiger partial charge is 0.463 e. The molecule has 7 heteroatoms. The Bertz CT molecular complexity index is 1280. The standard InChI is InChI=1S/C27H27N3O4/c1-4-30(18(2)3)20-13-11-19(12-14-20)28-26(31)17-34-27(32)22-16-24(25-10-7-15-33-25)29-23-9-6-5-8-21(22)23/h5-16,18H,4,17H2,1-3H3,(H,28,31). The first-order valence-electron chi connectivity index (χ1n) is 11.2. The molecule has 1 N–H and O–H groups in total. The zero-order chi connectivity index (χ0) is 24.1. The number of aromatic nitrogens is 1. The van der Waals surface area contributed by atoms with Crippen LogP contribution in [0.5, 0.6) is 0 Å². The van der Waals surface area contributed by atoms with Crippen LogP contribution in [-0.4, -0.2) is 36.1 Å². The topological polar surface area (TPSA) is 84.7 Å². The van der Waals surface area contributed by atoms with Gasteiger partial charge in [-0.2, -0.15) is 0 Å². The molecule has 174 valence electrons. The Balaban J connectivity index is 1.44. The maximum Gasteiger partial charge on any atom is 0.339 e. The van der Waals surface area contributed by atoms with E-state index in [-0.39, 0.29) is 0 Å². The van der Waals surface area contributed by atoms with E-state index in [1.807, 2.05) is 42.5 Å². The minimum Gasteiger partial charge on any atom is -0.463 e. The van der Waals surface area contributed by atoms with Gasteiger partial charge in [0.25, 0.3) is 5.91 Å². The van der Waals surface area contributed by atoms with E-state index in [1.54, 1.807) is 30.5 Å². The smallest absolute Gasteiger partial charge is 0.339 e. The van der Waals surface area contributed by atoms with Gasteiger partial charge in [-0.25, -0.2) is 9.78 Å². The lowest BCUT2D eigenvalue weighted by molar-refractivity contribution is -0.119. The third kappa shape index (κ3) is 5.09. The molecule has 0 saturated heterocycles. The van der Waals surface area contributed by atoms with E-state index in [0.29, 0.717) is 39.6 Å². The van der Waals surface area contributed by atoms with Crippen molar-refractivity contribution in [2.24, 2.45) is 0 Å². The molecular formula is C27H27N3O4. The first-order chi connectivity index (χ1) is 16.5. The number of carbonyl (C=O) groups excluding carboxylic acids is 2. The van der Waals surface area contributed by atoms with Crippen LogP contribution in [0.2, 0.25) is 0 Å². The van der Waals surface area contributed by atoms with E-state index in [0.717, 1.165) is 12.2 Å². The van der Waals surface area contributed by atoms with Gasteiger partial charge in [0.2, 0.25) is 0 Å². The molecule has 0 aliphatic heterocycles. The van der Waals surface area contributed by atoms with Gasteiger partial charge in [0.1, 0.15) is 5.69 Å². The molecule has 0 bridgehead atoms. The number of fused-ring (bicyclic) bond motifs is 1. The van der Waals surface area contributed by atoms with E-state index < -0.39 is 18.5 Å². The molecule has 0 fully saturated rings. The number of amides is 1. The number of carbonyl (C=O) groups is 2. The summed E-state index contributed by atoms with van der Waals surface area (Å²) >= 11 is 0. The predicted octanol–water partition coefficient (Wildman–Crippen LogP) is 5.53. The number of hydrogen-bond acceptors (Lipinski definition) is 6. The number of hydrogen-bond donors (Lipinski definition) is 1. The highest BCUT2D eigenvalue weighted by Crippen LogP contribution is 2.26. The minimum absolute atomic E-state index is 0.322. The summed E-state index contributed by atoms with van der Waals surface area (Å²) in [7, 11) is 0. The Labute approximate surface area is 198 Å². The lowest BCUT2D eigenvalue weighted by Crippen LogP contribution is -2.30. The van der Waals surface area contributed by atoms with Crippen LogP contribution in [0, 0.1) is 0 Å². The van der Waals surface area contributed by atoms with E-state index >= 15 is 0 Å². The molecule has 0 spiro atoms. The molecule has 0 radical (unpaired) electrons. The number of furan rings is 1. The summed E-state index contributed by atoms with van der Waals surface area (Å²) in [6.07, 6.45) is 1.55. The average molecular weight is 458 g/mol. The first-order valence-corrected chi connectivity index (χ1v) is 11.2. The van der Waals surface area contributed by atoms with E-state index in [9.17, 15) is 9.59 Å². The van der Waals surface area contributed by atoms with E-state index in [4.69, 9.17) is 9.15 Å². The molecule has 0 aliphatic carbocycles. The Morgan fingerprint density at radius 2 is 1.82 bits per heavy atom. The van der Waals surface area contributed by atoms with Crippen LogP contribution < -0.4 is 10.2 Å². The number of para-hydroxylation sites is 1. The zero-order valence-corrected chi connectivity index (χ0v) is 19.4. The Hall–Kier alpha value is -4.13. The van der Waals surface area contributed by atoms with Crippen LogP contribution in [0.4, 0.5) is 11.4 Å². The second kappa shape index (κ2) is 10.2. The van der Waals surface area contributed by atoms with Gasteiger partial charge in [0.15, 0.2) is 12.4 Å². The van der Waals surface area contributed by atoms with Crippen LogP contribution in [0.1, 0.15) is 31.1 Å². The highest BCUT2D eigenvalue weighted by atomic mass is 16.5. The average Bonchev–Trinajstić information content (AvgIpc) is 3.38. The monoisotopic (exact) mass is 457 g/mol. The van der Waals surface area contributed by atoms with Gasteiger partial charge in [0, 0.05) is 29.3 Å². The minimum atomic E-state index is -0.604. The lowest BCUT2D eigenvalue weighted by Gasteiger charge is -2.27. The predicted molar refractivity (Wildman–Crippen MR) is 133 cm³/mol. The first kappa shape index (κ1) is 23.0. The SMILES string of the molecule is CCN(c1ccc(NC(=O)COC(=O)c2cc(-c3ccco3)nc3ccccc23)cc1)C(C)C. The van der Waals surface area contributed by atoms with Gasteiger partial charge in [-0.05, 0) is 69.3 Å². The number of anilines is 2. The van der Waals surface area contributed by atoms with E-state index in [2.05, 4.69) is 36.0 Å². The number of benzene rings is 2. The number of nitrogens with one attached hydrogen (secondary N) is 1. The van der Waals surface area contributed by atoms with Crippen molar-refractivity contribution in [3.63, 3.8) is 0 Å². The fraction of sp³-hybridized carbons (Fsp3) is 0.222. The molecule has 34 heavy (non-hydrogen) atoms. The Morgan fingerprint density at radius 3 is 2.50 bits per heavy atom. The summed E-state index contributed by atoms with van der Waals surface area (Å²) in [5, 5.41) is 3.41. The van der Waals surface area contributed by atoms with Crippen molar-refractivity contribution in [2.75, 3.05) is 23.4 Å². The van der Waals surface area contributed by atoms with Crippen molar-refractivity contribution in [1.82, 2.24) is 4.98 Å². The van der Waals surface area contributed by atoms with Crippen LogP contribution in [0.25, 0.3) is 22.4 Å². The van der Waals surface area contributed by atoms with Crippen molar-refractivity contribution >= 4 is 34.2 Å². The quantitative estimate of drug-likeness (QED) is 0.351. The molecule has 2 aromatic heterocycles. The van der Waals surface area contributed by atoms with Crippen LogP contribution >= 0.6 is 0 Å². The highest BCUT2D eigenvalue weighted by Gasteiger charge is 2.17. The molecule has 7 nitrogen and oxygen atoms in total. The molecule has 4 aromatic rings. The summed E-state index contributed by atoms with van der Waals surface area (Å²) < 4.78 is 10.8. The molecule has 0 saturated carbocycles. The third-order valence-electron chi connectivity index (χ3n) is 5.49. The van der Waals surface area contributed by atoms with E-state index in [1.165, 1.54) is 0 Å². The van der Waals surface area contributed by atoms with Crippen molar-refractivity contribution in [1.29, 1.82) is 0 Å². The Morgan fingerprint density at radius 1 is 1.06 bits per heavy atom. The molecular weight excluding hydrogens is 430 g/mol.